The third kappa shape index (κ3) is 4.15. The van der Waals surface area contributed by atoms with Crippen molar-refractivity contribution in [3.05, 3.63) is 29.1 Å². The fourth-order valence-corrected chi connectivity index (χ4v) is 3.15. The number of alkyl carbamates (subject to hydrolysis) is 1. The van der Waals surface area contributed by atoms with Crippen molar-refractivity contribution in [2.45, 2.75) is 44.8 Å². The van der Waals surface area contributed by atoms with Gasteiger partial charge >= 0.3 is 6.09 Å². The zero-order valence-corrected chi connectivity index (χ0v) is 15.3. The molecule has 1 heterocycles. The number of aldehydes is 1. The maximum Gasteiger partial charge on any atom is 0.408 e. The molecule has 1 saturated heterocycles. The summed E-state index contributed by atoms with van der Waals surface area (Å²) in [4.78, 5) is 23.0. The first-order chi connectivity index (χ1) is 12.2. The Labute approximate surface area is 152 Å². The molecule has 1 unspecified atom stereocenters. The molecule has 142 valence electrons. The van der Waals surface area contributed by atoms with Crippen LogP contribution in [-0.4, -0.2) is 43.3 Å². The lowest BCUT2D eigenvalue weighted by atomic mass is 9.99. The zero-order valence-electron chi connectivity index (χ0n) is 15.3. The average molecular weight is 365 g/mol. The largest absolute Gasteiger partial charge is 0.491 e. The second-order valence-electron chi connectivity index (χ2n) is 8.04. The van der Waals surface area contributed by atoms with E-state index < -0.39 is 17.2 Å². The van der Waals surface area contributed by atoms with Crippen molar-refractivity contribution in [3.63, 3.8) is 0 Å². The summed E-state index contributed by atoms with van der Waals surface area (Å²) in [5.74, 6) is -0.152. The highest BCUT2D eigenvalue weighted by Gasteiger charge is 2.42. The minimum atomic E-state index is -0.691. The maximum atomic E-state index is 14.3. The zero-order chi connectivity index (χ0) is 18.9. The van der Waals surface area contributed by atoms with Crippen LogP contribution in [0.3, 0.4) is 0 Å². The minimum Gasteiger partial charge on any atom is -0.491 e. The molecule has 0 bridgehead atoms. The number of ether oxygens (including phenoxy) is 3. The highest BCUT2D eigenvalue weighted by molar-refractivity contribution is 5.69. The van der Waals surface area contributed by atoms with E-state index in [1.54, 1.807) is 26.8 Å². The van der Waals surface area contributed by atoms with Crippen LogP contribution in [0.4, 0.5) is 9.18 Å². The number of benzene rings is 1. The molecule has 1 N–H and O–H groups in total. The molecule has 1 aliphatic carbocycles. The molecule has 0 saturated carbocycles. The van der Waals surface area contributed by atoms with Gasteiger partial charge in [0.2, 0.25) is 0 Å². The van der Waals surface area contributed by atoms with Gasteiger partial charge in [-0.1, -0.05) is 0 Å². The Kier molecular flexibility index (Phi) is 4.92. The molecule has 1 fully saturated rings. The van der Waals surface area contributed by atoms with Crippen LogP contribution in [0.25, 0.3) is 0 Å². The van der Waals surface area contributed by atoms with Gasteiger partial charge in [-0.2, -0.15) is 0 Å². The first kappa shape index (κ1) is 18.6. The maximum absolute atomic E-state index is 14.3. The van der Waals surface area contributed by atoms with Crippen LogP contribution in [0.2, 0.25) is 0 Å². The van der Waals surface area contributed by atoms with Crippen LogP contribution in [0.1, 0.15) is 31.9 Å². The number of halogens is 1. The van der Waals surface area contributed by atoms with Gasteiger partial charge in [0.05, 0.1) is 13.2 Å². The second-order valence-corrected chi connectivity index (χ2v) is 8.04. The number of nitrogens with one attached hydrogen (secondary N) is 1. The fourth-order valence-electron chi connectivity index (χ4n) is 3.15. The summed E-state index contributed by atoms with van der Waals surface area (Å²) in [5.41, 5.74) is 0.0946. The van der Waals surface area contributed by atoms with Crippen molar-refractivity contribution in [1.29, 1.82) is 0 Å². The quantitative estimate of drug-likeness (QED) is 0.811. The molecule has 7 heteroatoms. The monoisotopic (exact) mass is 365 g/mol. The van der Waals surface area contributed by atoms with Gasteiger partial charge in [0.1, 0.15) is 35.6 Å². The fraction of sp³-hybridized carbons (Fsp3) is 0.579. The highest BCUT2D eigenvalue weighted by atomic mass is 19.1. The summed E-state index contributed by atoms with van der Waals surface area (Å²) in [6, 6.07) is 3.09. The minimum absolute atomic E-state index is 0.140. The van der Waals surface area contributed by atoms with E-state index in [0.717, 1.165) is 11.8 Å². The first-order valence-electron chi connectivity index (χ1n) is 8.68. The Morgan fingerprint density at radius 1 is 1.38 bits per heavy atom. The molecule has 0 aromatic heterocycles. The summed E-state index contributed by atoms with van der Waals surface area (Å²) >= 11 is 0. The molecule has 1 aromatic rings. The number of amides is 1. The Bertz CT molecular complexity index is 709. The van der Waals surface area contributed by atoms with Crippen molar-refractivity contribution in [2.75, 3.05) is 19.8 Å². The Balaban J connectivity index is 1.64. The first-order valence-corrected chi connectivity index (χ1v) is 8.68. The Morgan fingerprint density at radius 2 is 2.12 bits per heavy atom. The second kappa shape index (κ2) is 6.87. The molecule has 26 heavy (non-hydrogen) atoms. The van der Waals surface area contributed by atoms with Crippen LogP contribution >= 0.6 is 0 Å². The van der Waals surface area contributed by atoms with Gasteiger partial charge in [-0.25, -0.2) is 9.18 Å². The van der Waals surface area contributed by atoms with E-state index >= 15 is 0 Å². The van der Waals surface area contributed by atoms with Gasteiger partial charge in [-0.15, -0.1) is 0 Å². The summed E-state index contributed by atoms with van der Waals surface area (Å²) < 4.78 is 30.5. The standard InChI is InChI=1S/C19H24FNO5/c1-18(2,3)26-17(23)21-19(9-24-10-19)11-25-14-6-13-4-12(8-22)5-15(13)16(20)7-14/h6-8,12H,4-5,9-11H2,1-3H3,(H,21,23). The van der Waals surface area contributed by atoms with Crippen LogP contribution in [0, 0.1) is 11.7 Å². The molecular weight excluding hydrogens is 341 g/mol. The number of carbonyl (C=O) groups is 2. The molecule has 0 spiro atoms. The smallest absolute Gasteiger partial charge is 0.408 e. The topological polar surface area (TPSA) is 73.9 Å². The Hall–Kier alpha value is -2.15. The predicted octanol–water partition coefficient (Wildman–Crippen LogP) is 2.41. The lowest BCUT2D eigenvalue weighted by Crippen LogP contribution is -2.66. The molecular formula is C19H24FNO5. The summed E-state index contributed by atoms with van der Waals surface area (Å²) in [5, 5.41) is 2.79. The molecule has 6 nitrogen and oxygen atoms in total. The van der Waals surface area contributed by atoms with E-state index in [-0.39, 0.29) is 18.3 Å². The highest BCUT2D eigenvalue weighted by Crippen LogP contribution is 2.32. The number of fused-ring (bicyclic) bond motifs is 1. The summed E-state index contributed by atoms with van der Waals surface area (Å²) in [6.07, 6.45) is 1.28. The molecule has 1 aromatic carbocycles. The normalized spacial score (nSPS) is 20.7. The van der Waals surface area contributed by atoms with Gasteiger partial charge in [-0.3, -0.25) is 0 Å². The van der Waals surface area contributed by atoms with Gasteiger partial charge in [-0.05, 0) is 50.8 Å². The van der Waals surface area contributed by atoms with Crippen molar-refractivity contribution >= 4 is 12.4 Å². The average Bonchev–Trinajstić information content (AvgIpc) is 2.91. The SMILES string of the molecule is CC(C)(C)OC(=O)NC1(COc2cc(F)c3c(c2)CC(C=O)C3)COC1. The van der Waals surface area contributed by atoms with Gasteiger partial charge in [0, 0.05) is 12.0 Å². The molecule has 1 atom stereocenters. The summed E-state index contributed by atoms with van der Waals surface area (Å²) in [7, 11) is 0. The number of hydrogen-bond acceptors (Lipinski definition) is 5. The van der Waals surface area contributed by atoms with Gasteiger partial charge in [0.25, 0.3) is 0 Å². The third-order valence-electron chi connectivity index (χ3n) is 4.44. The van der Waals surface area contributed by atoms with Crippen molar-refractivity contribution in [3.8, 4) is 5.75 Å². The number of hydrogen-bond donors (Lipinski definition) is 1. The van der Waals surface area contributed by atoms with E-state index in [4.69, 9.17) is 14.2 Å². The molecule has 1 aliphatic heterocycles. The van der Waals surface area contributed by atoms with Crippen LogP contribution < -0.4 is 10.1 Å². The van der Waals surface area contributed by atoms with Crippen LogP contribution in [-0.2, 0) is 27.1 Å². The van der Waals surface area contributed by atoms with E-state index in [9.17, 15) is 14.0 Å². The van der Waals surface area contributed by atoms with Gasteiger partial charge in [0.15, 0.2) is 0 Å². The van der Waals surface area contributed by atoms with Crippen LogP contribution in [0.5, 0.6) is 5.75 Å². The van der Waals surface area contributed by atoms with E-state index in [1.165, 1.54) is 6.07 Å². The molecule has 2 aliphatic rings. The van der Waals surface area contributed by atoms with Crippen molar-refractivity contribution in [2.24, 2.45) is 5.92 Å². The van der Waals surface area contributed by atoms with E-state index in [1.807, 2.05) is 0 Å². The van der Waals surface area contributed by atoms with Crippen LogP contribution in [0.15, 0.2) is 12.1 Å². The predicted molar refractivity (Wildman–Crippen MR) is 91.8 cm³/mol. The summed E-state index contributed by atoms with van der Waals surface area (Å²) in [6.45, 7) is 6.09. The van der Waals surface area contributed by atoms with Crippen molar-refractivity contribution in [1.82, 2.24) is 5.32 Å². The number of rotatable bonds is 5. The molecule has 3 rings (SSSR count). The third-order valence-corrected chi connectivity index (χ3v) is 4.44. The van der Waals surface area contributed by atoms with Crippen molar-refractivity contribution < 1.29 is 28.2 Å². The lowest BCUT2D eigenvalue weighted by molar-refractivity contribution is -0.110. The van der Waals surface area contributed by atoms with Gasteiger partial charge < -0.3 is 24.3 Å². The number of carbonyl (C=O) groups excluding carboxylic acids is 2. The Morgan fingerprint density at radius 3 is 2.69 bits per heavy atom. The lowest BCUT2D eigenvalue weighted by Gasteiger charge is -2.41. The molecule has 0 radical (unpaired) electrons. The molecule has 1 amide bonds. The van der Waals surface area contributed by atoms with E-state index in [2.05, 4.69) is 5.32 Å². The van der Waals surface area contributed by atoms with E-state index in [0.29, 0.717) is 37.4 Å².